The summed E-state index contributed by atoms with van der Waals surface area (Å²) in [7, 11) is 0. The van der Waals surface area contributed by atoms with Crippen molar-refractivity contribution in [3.8, 4) is 11.8 Å². The summed E-state index contributed by atoms with van der Waals surface area (Å²) in [5, 5.41) is 0. The lowest BCUT2D eigenvalue weighted by molar-refractivity contribution is 0.408. The molecule has 0 amide bonds. The van der Waals surface area contributed by atoms with Crippen molar-refractivity contribution in [3.63, 3.8) is 0 Å². The van der Waals surface area contributed by atoms with Gasteiger partial charge in [-0.05, 0) is 45.6 Å². The van der Waals surface area contributed by atoms with Gasteiger partial charge in [0.1, 0.15) is 5.82 Å². The minimum atomic E-state index is -0.261. The maximum absolute atomic E-state index is 5.81. The van der Waals surface area contributed by atoms with E-state index >= 15 is 0 Å². The van der Waals surface area contributed by atoms with Gasteiger partial charge in [-0.15, -0.1) is 12.5 Å². The SMILES string of the molecule is C=CCC(C)C(C)(C#CC)/C=N\C(N)=C(C)C. The molecule has 0 saturated carbocycles. The number of nitrogens with zero attached hydrogens (tertiary/aromatic N) is 1. The molecule has 0 aromatic heterocycles. The maximum Gasteiger partial charge on any atom is 0.121 e. The Bertz CT molecular complexity index is 375. The summed E-state index contributed by atoms with van der Waals surface area (Å²) >= 11 is 0. The van der Waals surface area contributed by atoms with E-state index in [2.05, 4.69) is 37.3 Å². The standard InChI is InChI=1S/C15H24N2/c1-7-9-13(5)15(6,10-8-2)11-17-14(16)12(3)4/h7,11,13H,1,9,16H2,2-6H3/b17-11-. The van der Waals surface area contributed by atoms with Gasteiger partial charge in [0.25, 0.3) is 0 Å². The van der Waals surface area contributed by atoms with Gasteiger partial charge >= 0.3 is 0 Å². The van der Waals surface area contributed by atoms with Crippen LogP contribution >= 0.6 is 0 Å². The number of aliphatic imine (C=N–C) groups is 1. The van der Waals surface area contributed by atoms with Gasteiger partial charge < -0.3 is 5.73 Å². The maximum atomic E-state index is 5.81. The summed E-state index contributed by atoms with van der Waals surface area (Å²) in [4.78, 5) is 4.31. The molecule has 0 radical (unpaired) electrons. The van der Waals surface area contributed by atoms with Crippen molar-refractivity contribution in [2.45, 2.75) is 41.0 Å². The van der Waals surface area contributed by atoms with Crippen LogP contribution in [0.1, 0.15) is 41.0 Å². The number of rotatable bonds is 5. The van der Waals surface area contributed by atoms with Gasteiger partial charge in [-0.3, -0.25) is 0 Å². The van der Waals surface area contributed by atoms with E-state index in [1.54, 1.807) is 0 Å². The first-order valence-electron chi connectivity index (χ1n) is 5.90. The molecule has 2 heteroatoms. The molecule has 0 spiro atoms. The van der Waals surface area contributed by atoms with Gasteiger partial charge in [-0.25, -0.2) is 4.99 Å². The third-order valence-corrected chi connectivity index (χ3v) is 2.92. The molecule has 0 fully saturated rings. The van der Waals surface area contributed by atoms with E-state index < -0.39 is 0 Å². The summed E-state index contributed by atoms with van der Waals surface area (Å²) in [6.07, 6.45) is 4.68. The predicted molar refractivity (Wildman–Crippen MR) is 76.6 cm³/mol. The van der Waals surface area contributed by atoms with E-state index in [4.69, 9.17) is 5.73 Å². The van der Waals surface area contributed by atoms with Gasteiger partial charge in [-0.2, -0.15) is 0 Å². The summed E-state index contributed by atoms with van der Waals surface area (Å²) < 4.78 is 0. The van der Waals surface area contributed by atoms with E-state index in [1.165, 1.54) is 0 Å². The Labute approximate surface area is 106 Å². The van der Waals surface area contributed by atoms with Crippen LogP contribution in [-0.4, -0.2) is 6.21 Å². The molecule has 0 aromatic rings. The van der Waals surface area contributed by atoms with Crippen LogP contribution in [0.2, 0.25) is 0 Å². The first kappa shape index (κ1) is 15.5. The summed E-state index contributed by atoms with van der Waals surface area (Å²) in [6, 6.07) is 0. The quantitative estimate of drug-likeness (QED) is 0.440. The smallest absolute Gasteiger partial charge is 0.121 e. The van der Waals surface area contributed by atoms with Gasteiger partial charge in [-0.1, -0.05) is 18.9 Å². The molecule has 0 bridgehead atoms. The number of hydrogen-bond donors (Lipinski definition) is 1. The van der Waals surface area contributed by atoms with E-state index in [0.29, 0.717) is 11.7 Å². The third kappa shape index (κ3) is 4.91. The Morgan fingerprint density at radius 3 is 2.53 bits per heavy atom. The summed E-state index contributed by atoms with van der Waals surface area (Å²) in [5.41, 5.74) is 6.56. The molecular weight excluding hydrogens is 208 g/mol. The Kier molecular flexibility index (Phi) is 6.35. The zero-order valence-electron chi connectivity index (χ0n) is 11.7. The number of hydrogen-bond acceptors (Lipinski definition) is 2. The average Bonchev–Trinajstić information content (AvgIpc) is 2.26. The predicted octanol–water partition coefficient (Wildman–Crippen LogP) is 3.51. The fourth-order valence-electron chi connectivity index (χ4n) is 1.38. The minimum absolute atomic E-state index is 0.261. The highest BCUT2D eigenvalue weighted by molar-refractivity contribution is 5.71. The molecule has 0 aliphatic rings. The van der Waals surface area contributed by atoms with Crippen LogP contribution in [0, 0.1) is 23.2 Å². The molecule has 2 unspecified atom stereocenters. The lowest BCUT2D eigenvalue weighted by Crippen LogP contribution is -2.25. The van der Waals surface area contributed by atoms with Gasteiger partial charge in [0.15, 0.2) is 0 Å². The first-order valence-corrected chi connectivity index (χ1v) is 5.90. The van der Waals surface area contributed by atoms with Gasteiger partial charge in [0.05, 0.1) is 5.41 Å². The highest BCUT2D eigenvalue weighted by atomic mass is 14.9. The van der Waals surface area contributed by atoms with Crippen LogP contribution in [0.25, 0.3) is 0 Å². The fraction of sp³-hybridized carbons (Fsp3) is 0.533. The van der Waals surface area contributed by atoms with Crippen LogP contribution in [0.5, 0.6) is 0 Å². The Balaban J connectivity index is 5.15. The largest absolute Gasteiger partial charge is 0.384 e. The zero-order chi connectivity index (χ0) is 13.5. The molecule has 2 N–H and O–H groups in total. The highest BCUT2D eigenvalue weighted by Crippen LogP contribution is 2.27. The molecule has 0 heterocycles. The fourth-order valence-corrected chi connectivity index (χ4v) is 1.38. The molecular formula is C15H24N2. The second-order valence-electron chi connectivity index (χ2n) is 4.73. The van der Waals surface area contributed by atoms with Crippen molar-refractivity contribution in [2.75, 3.05) is 0 Å². The van der Waals surface area contributed by atoms with Crippen LogP contribution in [0.3, 0.4) is 0 Å². The van der Waals surface area contributed by atoms with Crippen LogP contribution in [0.4, 0.5) is 0 Å². The lowest BCUT2D eigenvalue weighted by atomic mass is 9.78. The van der Waals surface area contributed by atoms with E-state index in [1.807, 2.05) is 33.1 Å². The molecule has 0 aromatic carbocycles. The molecule has 2 nitrogen and oxygen atoms in total. The Hall–Kier alpha value is -1.49. The Morgan fingerprint density at radius 2 is 2.12 bits per heavy atom. The summed E-state index contributed by atoms with van der Waals surface area (Å²) in [5.74, 6) is 7.11. The van der Waals surface area contributed by atoms with Crippen LogP contribution in [-0.2, 0) is 0 Å². The van der Waals surface area contributed by atoms with E-state index in [9.17, 15) is 0 Å². The summed E-state index contributed by atoms with van der Waals surface area (Å²) in [6.45, 7) is 13.7. The first-order chi connectivity index (χ1) is 7.87. The van der Waals surface area contributed by atoms with Crippen LogP contribution in [0.15, 0.2) is 29.0 Å². The van der Waals surface area contributed by atoms with Crippen molar-refractivity contribution < 1.29 is 0 Å². The molecule has 0 aliphatic heterocycles. The van der Waals surface area contributed by atoms with Crippen LogP contribution < -0.4 is 5.73 Å². The van der Waals surface area contributed by atoms with Crippen molar-refractivity contribution in [3.05, 3.63) is 24.0 Å². The lowest BCUT2D eigenvalue weighted by Gasteiger charge is -2.25. The molecule has 0 saturated heterocycles. The zero-order valence-corrected chi connectivity index (χ0v) is 11.7. The molecule has 17 heavy (non-hydrogen) atoms. The highest BCUT2D eigenvalue weighted by Gasteiger charge is 2.26. The Morgan fingerprint density at radius 1 is 1.53 bits per heavy atom. The second kappa shape index (κ2) is 6.96. The normalized spacial score (nSPS) is 15.6. The molecule has 2 atom stereocenters. The van der Waals surface area contributed by atoms with Gasteiger partial charge in [0, 0.05) is 6.21 Å². The number of allylic oxidation sites excluding steroid dienone is 2. The number of nitrogens with two attached hydrogens (primary N) is 1. The van der Waals surface area contributed by atoms with E-state index in [-0.39, 0.29) is 5.41 Å². The van der Waals surface area contributed by atoms with E-state index in [0.717, 1.165) is 12.0 Å². The second-order valence-corrected chi connectivity index (χ2v) is 4.73. The molecule has 94 valence electrons. The topological polar surface area (TPSA) is 38.4 Å². The van der Waals surface area contributed by atoms with Crippen molar-refractivity contribution in [2.24, 2.45) is 22.1 Å². The molecule has 0 rings (SSSR count). The third-order valence-electron chi connectivity index (χ3n) is 2.92. The monoisotopic (exact) mass is 232 g/mol. The average molecular weight is 232 g/mol. The van der Waals surface area contributed by atoms with Crippen molar-refractivity contribution in [1.29, 1.82) is 0 Å². The van der Waals surface area contributed by atoms with Gasteiger partial charge in [0.2, 0.25) is 0 Å². The molecule has 0 aliphatic carbocycles. The van der Waals surface area contributed by atoms with Crippen molar-refractivity contribution in [1.82, 2.24) is 0 Å². The minimum Gasteiger partial charge on any atom is -0.384 e. The van der Waals surface area contributed by atoms with Crippen molar-refractivity contribution >= 4 is 6.21 Å².